The van der Waals surface area contributed by atoms with Crippen LogP contribution in [0.4, 0.5) is 11.6 Å². The van der Waals surface area contributed by atoms with E-state index in [1.54, 1.807) is 73.3 Å². The lowest BCUT2D eigenvalue weighted by atomic mass is 10.2. The first-order chi connectivity index (χ1) is 20.0. The molecule has 0 saturated carbocycles. The molecule has 14 nitrogen and oxygen atoms in total. The Hall–Kier alpha value is -5.92. The molecular formula is C27H22N10O4. The van der Waals surface area contributed by atoms with Crippen molar-refractivity contribution < 1.29 is 18.4 Å². The Balaban J connectivity index is 1.54. The van der Waals surface area contributed by atoms with E-state index in [2.05, 4.69) is 30.1 Å². The third-order valence-electron chi connectivity index (χ3n) is 5.88. The molecule has 2 N–H and O–H groups in total. The maximum atomic E-state index is 13.9. The van der Waals surface area contributed by atoms with Gasteiger partial charge in [-0.3, -0.25) is 9.59 Å². The molecule has 6 rings (SSSR count). The second kappa shape index (κ2) is 11.1. The number of nitrogens with zero attached hydrogens (tertiary/aromatic N) is 9. The highest BCUT2D eigenvalue weighted by molar-refractivity contribution is 5.99. The van der Waals surface area contributed by atoms with Crippen LogP contribution in [0.5, 0.6) is 0 Å². The van der Waals surface area contributed by atoms with Crippen molar-refractivity contribution >= 4 is 23.5 Å². The second-order valence-electron chi connectivity index (χ2n) is 8.72. The monoisotopic (exact) mass is 550 g/mol. The largest absolute Gasteiger partial charge is 0.461 e. The van der Waals surface area contributed by atoms with Gasteiger partial charge in [-0.15, -0.1) is 0 Å². The highest BCUT2D eigenvalue weighted by atomic mass is 16.3. The Bertz CT molecular complexity index is 1540. The van der Waals surface area contributed by atoms with E-state index < -0.39 is 11.8 Å². The summed E-state index contributed by atoms with van der Waals surface area (Å²) in [6.07, 6.45) is 9.91. The Morgan fingerprint density at radius 1 is 0.756 bits per heavy atom. The summed E-state index contributed by atoms with van der Waals surface area (Å²) < 4.78 is 14.2. The summed E-state index contributed by atoms with van der Waals surface area (Å²) >= 11 is 0. The molecule has 41 heavy (non-hydrogen) atoms. The standard InChI is InChI=1S/C27H22N10O4/c28-20(38)8-1-9-25(39)37(23-16-21(35-12-4-10-29-35)31-26(33-23)18-6-2-14-40-18)24-17-22(36-13-5-11-30-36)32-27(34-24)19-7-3-15-41-19/h2-7,10-17H,1,8-9H2,(H2,28,38). The van der Waals surface area contributed by atoms with Crippen LogP contribution in [0.2, 0.25) is 0 Å². The Morgan fingerprint density at radius 2 is 1.29 bits per heavy atom. The maximum absolute atomic E-state index is 13.9. The normalized spacial score (nSPS) is 11.0. The Labute approximate surface area is 232 Å². The van der Waals surface area contributed by atoms with Gasteiger partial charge in [-0.1, -0.05) is 0 Å². The van der Waals surface area contributed by atoms with Crippen LogP contribution in [0.1, 0.15) is 19.3 Å². The fourth-order valence-electron chi connectivity index (χ4n) is 4.05. The smallest absolute Gasteiger partial charge is 0.233 e. The molecule has 6 aromatic rings. The zero-order valence-corrected chi connectivity index (χ0v) is 21.4. The van der Waals surface area contributed by atoms with Crippen molar-refractivity contribution in [2.24, 2.45) is 5.73 Å². The molecule has 14 heteroatoms. The van der Waals surface area contributed by atoms with E-state index in [-0.39, 0.29) is 42.5 Å². The van der Waals surface area contributed by atoms with Crippen molar-refractivity contribution in [1.29, 1.82) is 0 Å². The number of hydrogen-bond donors (Lipinski definition) is 1. The minimum Gasteiger partial charge on any atom is -0.461 e. The average Bonchev–Trinajstić information content (AvgIpc) is 3.80. The number of amides is 2. The van der Waals surface area contributed by atoms with Crippen molar-refractivity contribution in [2.75, 3.05) is 4.90 Å². The molecule has 0 atom stereocenters. The van der Waals surface area contributed by atoms with Gasteiger partial charge in [0.15, 0.2) is 34.8 Å². The van der Waals surface area contributed by atoms with Crippen molar-refractivity contribution in [3.8, 4) is 34.8 Å². The van der Waals surface area contributed by atoms with E-state index in [4.69, 9.17) is 14.6 Å². The number of aromatic nitrogens is 8. The zero-order valence-electron chi connectivity index (χ0n) is 21.4. The van der Waals surface area contributed by atoms with E-state index in [1.165, 1.54) is 26.8 Å². The number of nitrogens with two attached hydrogens (primary N) is 1. The summed E-state index contributed by atoms with van der Waals surface area (Å²) in [5.74, 6) is 1.47. The van der Waals surface area contributed by atoms with E-state index in [0.717, 1.165) is 0 Å². The molecule has 0 spiro atoms. The van der Waals surface area contributed by atoms with Gasteiger partial charge in [0.1, 0.15) is 11.6 Å². The van der Waals surface area contributed by atoms with Gasteiger partial charge in [0.2, 0.25) is 11.8 Å². The lowest BCUT2D eigenvalue weighted by Gasteiger charge is -2.22. The molecule has 0 bridgehead atoms. The number of anilines is 2. The SMILES string of the molecule is NC(=O)CCCC(=O)N(c1cc(-n2cccn2)nc(-c2ccco2)n1)c1cc(-n2cccn2)nc(-c2ccco2)n1. The van der Waals surface area contributed by atoms with Crippen LogP contribution in [-0.2, 0) is 9.59 Å². The number of hydrogen-bond acceptors (Lipinski definition) is 10. The third kappa shape index (κ3) is 5.47. The van der Waals surface area contributed by atoms with Gasteiger partial charge in [-0.25, -0.2) is 34.2 Å². The zero-order chi connectivity index (χ0) is 28.2. The van der Waals surface area contributed by atoms with Gasteiger partial charge < -0.3 is 14.6 Å². The Morgan fingerprint density at radius 3 is 1.71 bits per heavy atom. The van der Waals surface area contributed by atoms with Gasteiger partial charge in [0.25, 0.3) is 0 Å². The molecule has 0 aliphatic heterocycles. The van der Waals surface area contributed by atoms with Crippen molar-refractivity contribution in [3.63, 3.8) is 0 Å². The molecule has 0 unspecified atom stereocenters. The molecule has 204 valence electrons. The fraction of sp³-hybridized carbons (Fsp3) is 0.111. The van der Waals surface area contributed by atoms with Gasteiger partial charge >= 0.3 is 0 Å². The Kier molecular flexibility index (Phi) is 6.84. The molecule has 2 amide bonds. The number of primary amides is 1. The van der Waals surface area contributed by atoms with Gasteiger partial charge in [-0.2, -0.15) is 10.2 Å². The highest BCUT2D eigenvalue weighted by Gasteiger charge is 2.26. The lowest BCUT2D eigenvalue weighted by Crippen LogP contribution is -2.29. The quantitative estimate of drug-likeness (QED) is 0.266. The summed E-state index contributed by atoms with van der Waals surface area (Å²) in [5.41, 5.74) is 5.33. The van der Waals surface area contributed by atoms with Crippen LogP contribution in [0.15, 0.2) is 94.7 Å². The fourth-order valence-corrected chi connectivity index (χ4v) is 4.05. The summed E-state index contributed by atoms with van der Waals surface area (Å²) in [6.45, 7) is 0. The van der Waals surface area contributed by atoms with E-state index >= 15 is 0 Å². The number of furan rings is 2. The highest BCUT2D eigenvalue weighted by Crippen LogP contribution is 2.30. The van der Waals surface area contributed by atoms with E-state index in [1.807, 2.05) is 0 Å². The van der Waals surface area contributed by atoms with Crippen LogP contribution in [-0.4, -0.2) is 51.3 Å². The molecule has 0 fully saturated rings. The number of rotatable bonds is 10. The van der Waals surface area contributed by atoms with Crippen molar-refractivity contribution in [1.82, 2.24) is 39.5 Å². The maximum Gasteiger partial charge on any atom is 0.233 e. The molecule has 0 aliphatic rings. The first-order valence-electron chi connectivity index (χ1n) is 12.5. The summed E-state index contributed by atoms with van der Waals surface area (Å²) in [5, 5.41) is 8.57. The summed E-state index contributed by atoms with van der Waals surface area (Å²) in [6, 6.07) is 13.5. The molecule has 0 aromatic carbocycles. The third-order valence-corrected chi connectivity index (χ3v) is 5.88. The molecular weight excluding hydrogens is 528 g/mol. The summed E-state index contributed by atoms with van der Waals surface area (Å²) in [7, 11) is 0. The molecule has 0 saturated heterocycles. The van der Waals surface area contributed by atoms with Crippen LogP contribution >= 0.6 is 0 Å². The van der Waals surface area contributed by atoms with Crippen molar-refractivity contribution in [3.05, 3.63) is 85.8 Å². The van der Waals surface area contributed by atoms with Crippen LogP contribution < -0.4 is 10.6 Å². The molecule has 6 heterocycles. The minimum absolute atomic E-state index is 0.0165. The van der Waals surface area contributed by atoms with E-state index in [9.17, 15) is 9.59 Å². The first kappa shape index (κ1) is 25.4. The second-order valence-corrected chi connectivity index (χ2v) is 8.72. The lowest BCUT2D eigenvalue weighted by molar-refractivity contribution is -0.119. The molecule has 6 aromatic heterocycles. The average molecular weight is 551 g/mol. The predicted molar refractivity (Wildman–Crippen MR) is 144 cm³/mol. The minimum atomic E-state index is -0.504. The van der Waals surface area contributed by atoms with Gasteiger partial charge in [0.05, 0.1) is 12.5 Å². The van der Waals surface area contributed by atoms with Gasteiger partial charge in [-0.05, 0) is 42.8 Å². The van der Waals surface area contributed by atoms with Crippen LogP contribution in [0.25, 0.3) is 34.8 Å². The van der Waals surface area contributed by atoms with Crippen molar-refractivity contribution in [2.45, 2.75) is 19.3 Å². The van der Waals surface area contributed by atoms with Crippen LogP contribution in [0, 0.1) is 0 Å². The van der Waals surface area contributed by atoms with Crippen LogP contribution in [0.3, 0.4) is 0 Å². The molecule has 0 radical (unpaired) electrons. The topological polar surface area (TPSA) is 177 Å². The molecule has 0 aliphatic carbocycles. The number of carbonyl (C=O) groups is 2. The van der Waals surface area contributed by atoms with E-state index in [0.29, 0.717) is 23.2 Å². The first-order valence-corrected chi connectivity index (χ1v) is 12.5. The predicted octanol–water partition coefficient (Wildman–Crippen LogP) is 3.48. The number of carbonyl (C=O) groups excluding carboxylic acids is 2. The summed E-state index contributed by atoms with van der Waals surface area (Å²) in [4.78, 5) is 45.2. The van der Waals surface area contributed by atoms with Gasteiger partial charge in [0, 0.05) is 49.8 Å².